The SMILES string of the molecule is CC[C@@H](NC(=O)c1ncccc1O)c1ccncc1. The number of nitrogens with one attached hydrogen (secondary N) is 1. The molecule has 0 bridgehead atoms. The maximum absolute atomic E-state index is 12.1. The molecule has 5 nitrogen and oxygen atoms in total. The minimum atomic E-state index is -0.387. The molecule has 2 aromatic rings. The fraction of sp³-hybridized carbons (Fsp3) is 0.214. The average molecular weight is 257 g/mol. The van der Waals surface area contributed by atoms with E-state index in [2.05, 4.69) is 15.3 Å². The molecule has 2 aromatic heterocycles. The second-order valence-corrected chi connectivity index (χ2v) is 4.09. The summed E-state index contributed by atoms with van der Waals surface area (Å²) >= 11 is 0. The highest BCUT2D eigenvalue weighted by molar-refractivity contribution is 5.94. The lowest BCUT2D eigenvalue weighted by Gasteiger charge is -2.17. The van der Waals surface area contributed by atoms with Crippen LogP contribution in [0.4, 0.5) is 0 Å². The third-order valence-electron chi connectivity index (χ3n) is 2.82. The van der Waals surface area contributed by atoms with Gasteiger partial charge in [-0.3, -0.25) is 9.78 Å². The van der Waals surface area contributed by atoms with Crippen LogP contribution in [0, 0.1) is 0 Å². The summed E-state index contributed by atoms with van der Waals surface area (Å²) < 4.78 is 0. The van der Waals surface area contributed by atoms with Gasteiger partial charge in [0.15, 0.2) is 5.69 Å². The summed E-state index contributed by atoms with van der Waals surface area (Å²) in [5.74, 6) is -0.508. The van der Waals surface area contributed by atoms with Crippen LogP contribution < -0.4 is 5.32 Å². The van der Waals surface area contributed by atoms with Crippen LogP contribution in [0.25, 0.3) is 0 Å². The van der Waals surface area contributed by atoms with E-state index in [4.69, 9.17) is 0 Å². The van der Waals surface area contributed by atoms with E-state index in [9.17, 15) is 9.90 Å². The predicted molar refractivity (Wildman–Crippen MR) is 70.6 cm³/mol. The van der Waals surface area contributed by atoms with Crippen molar-refractivity contribution >= 4 is 5.91 Å². The predicted octanol–water partition coefficient (Wildman–Crippen LogP) is 2.06. The van der Waals surface area contributed by atoms with Crippen LogP contribution in [-0.2, 0) is 0 Å². The molecule has 0 aromatic carbocycles. The van der Waals surface area contributed by atoms with Crippen LogP contribution in [0.5, 0.6) is 5.75 Å². The summed E-state index contributed by atoms with van der Waals surface area (Å²) in [6.07, 6.45) is 5.58. The zero-order valence-electron chi connectivity index (χ0n) is 10.6. The number of hydrogen-bond donors (Lipinski definition) is 2. The van der Waals surface area contributed by atoms with Gasteiger partial charge in [0.25, 0.3) is 5.91 Å². The molecule has 0 aliphatic rings. The molecule has 19 heavy (non-hydrogen) atoms. The molecule has 2 heterocycles. The first-order valence-corrected chi connectivity index (χ1v) is 6.07. The van der Waals surface area contributed by atoms with Crippen molar-refractivity contribution in [1.29, 1.82) is 0 Å². The van der Waals surface area contributed by atoms with E-state index in [1.165, 1.54) is 12.3 Å². The fourth-order valence-corrected chi connectivity index (χ4v) is 1.82. The first-order valence-electron chi connectivity index (χ1n) is 6.07. The molecule has 1 atom stereocenters. The summed E-state index contributed by atoms with van der Waals surface area (Å²) in [4.78, 5) is 19.9. The van der Waals surface area contributed by atoms with E-state index in [1.807, 2.05) is 19.1 Å². The van der Waals surface area contributed by atoms with Crippen LogP contribution in [0.1, 0.15) is 35.4 Å². The van der Waals surface area contributed by atoms with E-state index < -0.39 is 0 Å². The third-order valence-corrected chi connectivity index (χ3v) is 2.82. The lowest BCUT2D eigenvalue weighted by Crippen LogP contribution is -2.28. The van der Waals surface area contributed by atoms with Gasteiger partial charge in [-0.15, -0.1) is 0 Å². The van der Waals surface area contributed by atoms with Crippen molar-refractivity contribution in [2.75, 3.05) is 0 Å². The normalized spacial score (nSPS) is 11.8. The van der Waals surface area contributed by atoms with Gasteiger partial charge in [0, 0.05) is 18.6 Å². The molecule has 98 valence electrons. The first-order chi connectivity index (χ1) is 9.22. The molecule has 2 rings (SSSR count). The number of aromatic hydroxyl groups is 1. The van der Waals surface area contributed by atoms with Crippen molar-refractivity contribution in [3.63, 3.8) is 0 Å². The molecule has 0 spiro atoms. The Bertz CT molecular complexity index is 558. The van der Waals surface area contributed by atoms with Crippen molar-refractivity contribution in [2.45, 2.75) is 19.4 Å². The maximum atomic E-state index is 12.1. The molecule has 0 unspecified atom stereocenters. The van der Waals surface area contributed by atoms with Crippen molar-refractivity contribution in [2.24, 2.45) is 0 Å². The summed E-state index contributed by atoms with van der Waals surface area (Å²) in [6, 6.07) is 6.60. The van der Waals surface area contributed by atoms with Crippen LogP contribution in [0.3, 0.4) is 0 Å². The lowest BCUT2D eigenvalue weighted by atomic mass is 10.1. The summed E-state index contributed by atoms with van der Waals surface area (Å²) in [5, 5.41) is 12.5. The molecule has 0 saturated heterocycles. The Balaban J connectivity index is 2.16. The number of aromatic nitrogens is 2. The summed E-state index contributed by atoms with van der Waals surface area (Å²) in [6.45, 7) is 1.98. The van der Waals surface area contributed by atoms with E-state index in [0.717, 1.165) is 12.0 Å². The Morgan fingerprint density at radius 1 is 1.32 bits per heavy atom. The number of hydrogen-bond acceptors (Lipinski definition) is 4. The number of amides is 1. The zero-order chi connectivity index (χ0) is 13.7. The Morgan fingerprint density at radius 3 is 2.68 bits per heavy atom. The van der Waals surface area contributed by atoms with Gasteiger partial charge in [0.05, 0.1) is 6.04 Å². The fourth-order valence-electron chi connectivity index (χ4n) is 1.82. The van der Waals surface area contributed by atoms with Crippen molar-refractivity contribution in [3.05, 3.63) is 54.1 Å². The number of rotatable bonds is 4. The zero-order valence-corrected chi connectivity index (χ0v) is 10.6. The Hall–Kier alpha value is -2.43. The second kappa shape index (κ2) is 5.95. The largest absolute Gasteiger partial charge is 0.505 e. The Kier molecular flexibility index (Phi) is 4.07. The van der Waals surface area contributed by atoms with Crippen LogP contribution in [0.15, 0.2) is 42.9 Å². The number of pyridine rings is 2. The van der Waals surface area contributed by atoms with E-state index >= 15 is 0 Å². The topological polar surface area (TPSA) is 75.1 Å². The van der Waals surface area contributed by atoms with Crippen LogP contribution in [-0.4, -0.2) is 21.0 Å². The third kappa shape index (κ3) is 3.07. The highest BCUT2D eigenvalue weighted by Crippen LogP contribution is 2.18. The highest BCUT2D eigenvalue weighted by Gasteiger charge is 2.17. The van der Waals surface area contributed by atoms with E-state index in [-0.39, 0.29) is 23.4 Å². The molecule has 1 amide bonds. The maximum Gasteiger partial charge on any atom is 0.274 e. The highest BCUT2D eigenvalue weighted by atomic mass is 16.3. The van der Waals surface area contributed by atoms with Gasteiger partial charge in [-0.1, -0.05) is 6.92 Å². The Labute approximate surface area is 111 Å². The van der Waals surface area contributed by atoms with Gasteiger partial charge in [0.2, 0.25) is 0 Å². The van der Waals surface area contributed by atoms with Crippen molar-refractivity contribution in [3.8, 4) is 5.75 Å². The minimum absolute atomic E-state index is 0.0370. The second-order valence-electron chi connectivity index (χ2n) is 4.09. The smallest absolute Gasteiger partial charge is 0.274 e. The van der Waals surface area contributed by atoms with Gasteiger partial charge in [-0.2, -0.15) is 0 Å². The monoisotopic (exact) mass is 257 g/mol. The number of nitrogens with zero attached hydrogens (tertiary/aromatic N) is 2. The quantitative estimate of drug-likeness (QED) is 0.879. The van der Waals surface area contributed by atoms with Gasteiger partial charge >= 0.3 is 0 Å². The van der Waals surface area contributed by atoms with Crippen molar-refractivity contribution in [1.82, 2.24) is 15.3 Å². The molecular formula is C14H15N3O2. The Morgan fingerprint density at radius 2 is 2.05 bits per heavy atom. The van der Waals surface area contributed by atoms with Gasteiger partial charge in [0.1, 0.15) is 5.75 Å². The molecule has 0 saturated carbocycles. The average Bonchev–Trinajstić information content (AvgIpc) is 2.46. The molecule has 0 aliphatic heterocycles. The lowest BCUT2D eigenvalue weighted by molar-refractivity contribution is 0.0927. The molecule has 5 heteroatoms. The van der Waals surface area contributed by atoms with Gasteiger partial charge in [-0.05, 0) is 36.2 Å². The molecular weight excluding hydrogens is 242 g/mol. The van der Waals surface area contributed by atoms with Gasteiger partial charge in [-0.25, -0.2) is 4.98 Å². The molecule has 0 fully saturated rings. The number of carbonyl (C=O) groups excluding carboxylic acids is 1. The van der Waals surface area contributed by atoms with Crippen LogP contribution >= 0.6 is 0 Å². The standard InChI is InChI=1S/C14H15N3O2/c1-2-11(10-5-8-15-9-6-10)17-14(19)13-12(18)4-3-7-16-13/h3-9,11,18H,2H2,1H3,(H,17,19)/t11-/m1/s1. The minimum Gasteiger partial charge on any atom is -0.505 e. The summed E-state index contributed by atoms with van der Waals surface area (Å²) in [7, 11) is 0. The molecule has 2 N–H and O–H groups in total. The van der Waals surface area contributed by atoms with Crippen molar-refractivity contribution < 1.29 is 9.90 Å². The number of carbonyl (C=O) groups is 1. The van der Waals surface area contributed by atoms with Gasteiger partial charge < -0.3 is 10.4 Å². The molecule has 0 aliphatic carbocycles. The summed E-state index contributed by atoms with van der Waals surface area (Å²) in [5.41, 5.74) is 1.01. The molecule has 0 radical (unpaired) electrons. The van der Waals surface area contributed by atoms with Crippen LogP contribution in [0.2, 0.25) is 0 Å². The van der Waals surface area contributed by atoms with E-state index in [1.54, 1.807) is 18.5 Å². The van der Waals surface area contributed by atoms with E-state index in [0.29, 0.717) is 0 Å². The first kappa shape index (κ1) is 13.0.